The molecule has 0 N–H and O–H groups in total. The number of esters is 1. The van der Waals surface area contributed by atoms with Gasteiger partial charge in [0.15, 0.2) is 0 Å². The van der Waals surface area contributed by atoms with Crippen molar-refractivity contribution in [2.24, 2.45) is 0 Å². The topological polar surface area (TPSA) is 75.0 Å². The number of rotatable bonds is 8. The summed E-state index contributed by atoms with van der Waals surface area (Å²) in [4.78, 5) is 25.1. The Labute approximate surface area is 215 Å². The van der Waals surface area contributed by atoms with Gasteiger partial charge in [0.25, 0.3) is 0 Å². The maximum absolute atomic E-state index is 12.9. The van der Waals surface area contributed by atoms with E-state index in [4.69, 9.17) is 30.2 Å². The van der Waals surface area contributed by atoms with E-state index in [0.717, 1.165) is 15.6 Å². The van der Waals surface area contributed by atoms with Crippen LogP contribution in [0.4, 0.5) is 0 Å². The lowest BCUT2D eigenvalue weighted by atomic mass is 10.1. The van der Waals surface area contributed by atoms with Gasteiger partial charge in [-0.15, -0.1) is 0 Å². The minimum atomic E-state index is -0.424. The van der Waals surface area contributed by atoms with E-state index in [-0.39, 0.29) is 23.3 Å². The van der Waals surface area contributed by atoms with E-state index in [1.54, 1.807) is 24.3 Å². The number of aryl methyl sites for hydroxylation is 2. The van der Waals surface area contributed by atoms with Crippen LogP contribution in [0.1, 0.15) is 24.0 Å². The molecule has 6 nitrogen and oxygen atoms in total. The first-order valence-electron chi connectivity index (χ1n) is 10.9. The van der Waals surface area contributed by atoms with Crippen molar-refractivity contribution >= 4 is 44.5 Å². The summed E-state index contributed by atoms with van der Waals surface area (Å²) in [5.74, 6) is 1.09. The predicted octanol–water partition coefficient (Wildman–Crippen LogP) is 7.38. The molecule has 4 aromatic rings. The molecule has 0 saturated heterocycles. The lowest BCUT2D eigenvalue weighted by Gasteiger charge is -2.10. The van der Waals surface area contributed by atoms with Crippen LogP contribution in [0.25, 0.3) is 11.0 Å². The molecule has 0 radical (unpaired) electrons. The Bertz CT molecular complexity index is 1450. The minimum absolute atomic E-state index is 0.0850. The van der Waals surface area contributed by atoms with E-state index < -0.39 is 5.97 Å². The minimum Gasteiger partial charge on any atom is -0.492 e. The second kappa shape index (κ2) is 11.0. The third-order valence-electron chi connectivity index (χ3n) is 5.19. The fourth-order valence-electron chi connectivity index (χ4n) is 3.33. The molecule has 0 fully saturated rings. The summed E-state index contributed by atoms with van der Waals surface area (Å²) in [5, 5.41) is 0.814. The Morgan fingerprint density at radius 1 is 1.00 bits per heavy atom. The first-order valence-corrected chi connectivity index (χ1v) is 12.1. The number of benzene rings is 3. The van der Waals surface area contributed by atoms with Crippen molar-refractivity contribution in [1.82, 2.24) is 0 Å². The number of hydrogen-bond acceptors (Lipinski definition) is 6. The molecule has 8 heteroatoms. The van der Waals surface area contributed by atoms with Gasteiger partial charge in [-0.2, -0.15) is 0 Å². The SMILES string of the molecule is Cc1ccc(C)c(Oc2coc3cc(OC(=O)CCCOc4ccc(Br)cc4Cl)ccc3c2=O)c1. The third-order valence-corrected chi connectivity index (χ3v) is 5.98. The zero-order chi connectivity index (χ0) is 24.9. The van der Waals surface area contributed by atoms with Crippen molar-refractivity contribution in [2.45, 2.75) is 26.7 Å². The van der Waals surface area contributed by atoms with Gasteiger partial charge in [0.2, 0.25) is 11.2 Å². The lowest BCUT2D eigenvalue weighted by molar-refractivity contribution is -0.134. The van der Waals surface area contributed by atoms with Crippen LogP contribution in [0.2, 0.25) is 5.02 Å². The van der Waals surface area contributed by atoms with Crippen molar-refractivity contribution in [3.8, 4) is 23.0 Å². The molecule has 3 aromatic carbocycles. The highest BCUT2D eigenvalue weighted by Gasteiger charge is 2.13. The van der Waals surface area contributed by atoms with E-state index in [9.17, 15) is 9.59 Å². The van der Waals surface area contributed by atoms with Gasteiger partial charge in [0.05, 0.1) is 17.0 Å². The summed E-state index contributed by atoms with van der Waals surface area (Å²) in [5.41, 5.74) is 1.91. The van der Waals surface area contributed by atoms with E-state index in [1.807, 2.05) is 38.1 Å². The van der Waals surface area contributed by atoms with Gasteiger partial charge in [-0.3, -0.25) is 9.59 Å². The maximum atomic E-state index is 12.9. The molecule has 4 rings (SSSR count). The Morgan fingerprint density at radius 2 is 1.83 bits per heavy atom. The summed E-state index contributed by atoms with van der Waals surface area (Å²) >= 11 is 9.45. The summed E-state index contributed by atoms with van der Waals surface area (Å²) in [7, 11) is 0. The van der Waals surface area contributed by atoms with Gasteiger partial charge in [-0.25, -0.2) is 0 Å². The molecular weight excluding hydrogens is 536 g/mol. The Kier molecular flexibility index (Phi) is 7.78. The lowest BCUT2D eigenvalue weighted by Crippen LogP contribution is -2.10. The highest BCUT2D eigenvalue weighted by molar-refractivity contribution is 9.10. The van der Waals surface area contributed by atoms with Crippen LogP contribution in [0.15, 0.2) is 74.5 Å². The molecule has 35 heavy (non-hydrogen) atoms. The maximum Gasteiger partial charge on any atom is 0.311 e. The van der Waals surface area contributed by atoms with Gasteiger partial charge in [0.1, 0.15) is 29.1 Å². The summed E-state index contributed by atoms with van der Waals surface area (Å²) < 4.78 is 23.3. The highest BCUT2D eigenvalue weighted by Crippen LogP contribution is 2.29. The van der Waals surface area contributed by atoms with Crippen LogP contribution < -0.4 is 19.6 Å². The zero-order valence-corrected chi connectivity index (χ0v) is 21.4. The molecule has 0 unspecified atom stereocenters. The van der Waals surface area contributed by atoms with Crippen LogP contribution in [-0.4, -0.2) is 12.6 Å². The quantitative estimate of drug-likeness (QED) is 0.128. The average molecular weight is 558 g/mol. The Morgan fingerprint density at radius 3 is 2.63 bits per heavy atom. The number of halogens is 2. The number of carbonyl (C=O) groups is 1. The van der Waals surface area contributed by atoms with Crippen molar-refractivity contribution in [1.29, 1.82) is 0 Å². The Balaban J connectivity index is 1.36. The van der Waals surface area contributed by atoms with Crippen molar-refractivity contribution in [2.75, 3.05) is 6.61 Å². The molecule has 0 saturated carbocycles. The van der Waals surface area contributed by atoms with Gasteiger partial charge in [-0.1, -0.05) is 39.7 Å². The van der Waals surface area contributed by atoms with Crippen molar-refractivity contribution in [3.05, 3.63) is 91.7 Å². The molecule has 0 aliphatic heterocycles. The number of fused-ring (bicyclic) bond motifs is 1. The molecular formula is C27H22BrClO6. The van der Waals surface area contributed by atoms with Crippen LogP contribution in [0, 0.1) is 13.8 Å². The molecule has 0 spiro atoms. The first kappa shape index (κ1) is 24.8. The van der Waals surface area contributed by atoms with Crippen molar-refractivity contribution in [3.63, 3.8) is 0 Å². The van der Waals surface area contributed by atoms with Crippen LogP contribution in [0.3, 0.4) is 0 Å². The van der Waals surface area contributed by atoms with E-state index in [1.165, 1.54) is 12.3 Å². The molecule has 180 valence electrons. The summed E-state index contributed by atoms with van der Waals surface area (Å²) in [6, 6.07) is 15.7. The monoisotopic (exact) mass is 556 g/mol. The molecule has 0 aliphatic rings. The summed E-state index contributed by atoms with van der Waals surface area (Å²) in [6.07, 6.45) is 1.87. The predicted molar refractivity (Wildman–Crippen MR) is 138 cm³/mol. The van der Waals surface area contributed by atoms with E-state index in [0.29, 0.717) is 40.5 Å². The van der Waals surface area contributed by atoms with Gasteiger partial charge < -0.3 is 18.6 Å². The third kappa shape index (κ3) is 6.24. The second-order valence-electron chi connectivity index (χ2n) is 7.96. The molecule has 0 amide bonds. The standard InChI is InChI=1S/C27H22BrClO6/c1-16-5-6-17(2)23(12-16)35-25-15-33-24-14-19(8-9-20(24)27(25)31)34-26(30)4-3-11-32-22-10-7-18(28)13-21(22)29/h5-10,12-15H,3-4,11H2,1-2H3. The smallest absolute Gasteiger partial charge is 0.311 e. The number of carbonyl (C=O) groups excluding carboxylic acids is 1. The van der Waals surface area contributed by atoms with Crippen LogP contribution in [0.5, 0.6) is 23.0 Å². The van der Waals surface area contributed by atoms with Gasteiger partial charge >= 0.3 is 5.97 Å². The van der Waals surface area contributed by atoms with Crippen molar-refractivity contribution < 1.29 is 23.4 Å². The fraction of sp³-hybridized carbons (Fsp3) is 0.185. The van der Waals surface area contributed by atoms with E-state index >= 15 is 0 Å². The van der Waals surface area contributed by atoms with Gasteiger partial charge in [-0.05, 0) is 67.8 Å². The van der Waals surface area contributed by atoms with E-state index in [2.05, 4.69) is 15.9 Å². The summed E-state index contributed by atoms with van der Waals surface area (Å²) in [6.45, 7) is 4.16. The fourth-order valence-corrected chi connectivity index (χ4v) is 4.06. The molecule has 1 aromatic heterocycles. The second-order valence-corrected chi connectivity index (χ2v) is 9.28. The average Bonchev–Trinajstić information content (AvgIpc) is 2.82. The molecule has 1 heterocycles. The van der Waals surface area contributed by atoms with Gasteiger partial charge in [0, 0.05) is 17.0 Å². The Hall–Kier alpha value is -3.29. The highest BCUT2D eigenvalue weighted by atomic mass is 79.9. The van der Waals surface area contributed by atoms with Crippen LogP contribution in [-0.2, 0) is 4.79 Å². The largest absolute Gasteiger partial charge is 0.492 e. The number of hydrogen-bond donors (Lipinski definition) is 0. The number of ether oxygens (including phenoxy) is 3. The molecule has 0 bridgehead atoms. The molecule has 0 atom stereocenters. The zero-order valence-electron chi connectivity index (χ0n) is 19.1. The normalized spacial score (nSPS) is 10.9. The first-order chi connectivity index (χ1) is 16.8. The molecule has 0 aliphatic carbocycles. The van der Waals surface area contributed by atoms with Crippen LogP contribution >= 0.6 is 27.5 Å².